The van der Waals surface area contributed by atoms with E-state index < -0.39 is 0 Å². The van der Waals surface area contributed by atoms with Crippen molar-refractivity contribution in [3.05, 3.63) is 18.2 Å². The molecule has 1 rings (SSSR count). The molecule has 1 aromatic heterocycles. The highest BCUT2D eigenvalue weighted by atomic mass is 15.2. The van der Waals surface area contributed by atoms with E-state index in [1.165, 1.54) is 95.7 Å². The molecule has 0 atom stereocenters. The maximum Gasteiger partial charge on any atom is 0.256 e. The lowest BCUT2D eigenvalue weighted by atomic mass is 10.0. The third kappa shape index (κ3) is 9.24. The summed E-state index contributed by atoms with van der Waals surface area (Å²) in [6.45, 7) is 11.5. The van der Waals surface area contributed by atoms with Crippen LogP contribution in [0.15, 0.2) is 12.4 Å². The van der Waals surface area contributed by atoms with Gasteiger partial charge in [-0.1, -0.05) is 84.0 Å². The zero-order valence-corrected chi connectivity index (χ0v) is 18.6. The lowest BCUT2D eigenvalue weighted by molar-refractivity contribution is -0.722. The second kappa shape index (κ2) is 14.3. The molecule has 0 bridgehead atoms. The number of rotatable bonds is 16. The van der Waals surface area contributed by atoms with Crippen LogP contribution in [0, 0.1) is 0 Å². The maximum atomic E-state index is 2.46. The van der Waals surface area contributed by atoms with Gasteiger partial charge >= 0.3 is 0 Å². The Morgan fingerprint density at radius 2 is 1.19 bits per heavy atom. The Bertz CT molecular complexity index is 420. The molecular formula is C24H47N2+. The Balaban J connectivity index is 2.07. The minimum Gasteiger partial charge on any atom is -0.232 e. The Morgan fingerprint density at radius 1 is 0.731 bits per heavy atom. The summed E-state index contributed by atoms with van der Waals surface area (Å²) in [6, 6.07) is 1.12. The molecule has 26 heavy (non-hydrogen) atoms. The highest BCUT2D eigenvalue weighted by Crippen LogP contribution is 2.15. The predicted molar refractivity (Wildman–Crippen MR) is 115 cm³/mol. The summed E-state index contributed by atoms with van der Waals surface area (Å²) < 4.78 is 4.92. The lowest BCUT2D eigenvalue weighted by Crippen LogP contribution is -2.39. The number of hydrogen-bond donors (Lipinski definition) is 0. The zero-order valence-electron chi connectivity index (χ0n) is 18.6. The summed E-state index contributed by atoms with van der Waals surface area (Å²) in [5, 5.41) is 0. The van der Waals surface area contributed by atoms with Crippen molar-refractivity contribution in [3.8, 4) is 0 Å². The smallest absolute Gasteiger partial charge is 0.232 e. The first-order chi connectivity index (χ1) is 12.6. The molecule has 0 N–H and O–H groups in total. The molecular weight excluding hydrogens is 316 g/mol. The van der Waals surface area contributed by atoms with Crippen molar-refractivity contribution in [2.24, 2.45) is 0 Å². The highest BCUT2D eigenvalue weighted by Gasteiger charge is 2.20. The van der Waals surface area contributed by atoms with Gasteiger partial charge in [-0.05, 0) is 34.1 Å². The average molecular weight is 364 g/mol. The fourth-order valence-corrected chi connectivity index (χ4v) is 3.95. The third-order valence-electron chi connectivity index (χ3n) is 5.60. The van der Waals surface area contributed by atoms with E-state index in [9.17, 15) is 0 Å². The standard InChI is InChI=1S/C24H47N2/c1-6-7-8-9-10-11-12-13-14-15-16-17-18-19-24-25(22(2)3)20-21-26(24)23(4)5/h20-23H,6-19H2,1-5H3/q+1. The molecule has 1 aromatic rings. The van der Waals surface area contributed by atoms with Crippen molar-refractivity contribution in [1.29, 1.82) is 0 Å². The summed E-state index contributed by atoms with van der Waals surface area (Å²) >= 11 is 0. The summed E-state index contributed by atoms with van der Waals surface area (Å²) in [5.41, 5.74) is 0. The fourth-order valence-electron chi connectivity index (χ4n) is 3.95. The largest absolute Gasteiger partial charge is 0.256 e. The number of hydrogen-bond acceptors (Lipinski definition) is 0. The molecule has 0 saturated heterocycles. The molecule has 2 heteroatoms. The van der Waals surface area contributed by atoms with E-state index in [0.29, 0.717) is 12.1 Å². The average Bonchev–Trinajstić information content (AvgIpc) is 3.03. The van der Waals surface area contributed by atoms with Gasteiger partial charge in [-0.3, -0.25) is 0 Å². The van der Waals surface area contributed by atoms with Crippen molar-refractivity contribution in [2.75, 3.05) is 0 Å². The van der Waals surface area contributed by atoms with E-state index in [2.05, 4.69) is 56.1 Å². The van der Waals surface area contributed by atoms with Crippen LogP contribution in [0.3, 0.4) is 0 Å². The number of nitrogens with zero attached hydrogens (tertiary/aromatic N) is 2. The SMILES string of the molecule is CCCCCCCCCCCCCCCc1n(C(C)C)cc[n+]1C(C)C. The van der Waals surface area contributed by atoms with E-state index in [1.807, 2.05) is 0 Å². The van der Waals surface area contributed by atoms with Gasteiger partial charge in [0.05, 0.1) is 12.1 Å². The Labute approximate surface area is 164 Å². The van der Waals surface area contributed by atoms with Crippen LogP contribution in [-0.2, 0) is 6.42 Å². The normalized spacial score (nSPS) is 11.8. The van der Waals surface area contributed by atoms with Gasteiger partial charge < -0.3 is 0 Å². The van der Waals surface area contributed by atoms with Gasteiger partial charge in [0.1, 0.15) is 12.4 Å². The molecule has 0 amide bonds. The van der Waals surface area contributed by atoms with Crippen molar-refractivity contribution < 1.29 is 4.57 Å². The van der Waals surface area contributed by atoms with E-state index in [-0.39, 0.29) is 0 Å². The minimum absolute atomic E-state index is 0.562. The molecule has 0 spiro atoms. The second-order valence-corrected chi connectivity index (χ2v) is 8.71. The first-order valence-corrected chi connectivity index (χ1v) is 11.7. The summed E-state index contributed by atoms with van der Waals surface area (Å²) in [6.07, 6.45) is 24.3. The Kier molecular flexibility index (Phi) is 12.8. The van der Waals surface area contributed by atoms with E-state index in [1.54, 1.807) is 0 Å². The summed E-state index contributed by atoms with van der Waals surface area (Å²) in [7, 11) is 0. The van der Waals surface area contributed by atoms with Crippen LogP contribution in [0.4, 0.5) is 0 Å². The van der Waals surface area contributed by atoms with Crippen LogP contribution in [0.25, 0.3) is 0 Å². The molecule has 0 unspecified atom stereocenters. The molecule has 0 fully saturated rings. The molecule has 0 aliphatic heterocycles. The summed E-state index contributed by atoms with van der Waals surface area (Å²) in [4.78, 5) is 0. The maximum absolute atomic E-state index is 2.46. The van der Waals surface area contributed by atoms with Gasteiger partial charge in [-0.25, -0.2) is 9.13 Å². The van der Waals surface area contributed by atoms with Crippen LogP contribution < -0.4 is 4.57 Å². The van der Waals surface area contributed by atoms with Crippen LogP contribution in [0.1, 0.15) is 136 Å². The van der Waals surface area contributed by atoms with Crippen molar-refractivity contribution >= 4 is 0 Å². The van der Waals surface area contributed by atoms with Gasteiger partial charge in [0.25, 0.3) is 5.82 Å². The van der Waals surface area contributed by atoms with Gasteiger partial charge in [0, 0.05) is 6.42 Å². The van der Waals surface area contributed by atoms with Crippen molar-refractivity contribution in [3.63, 3.8) is 0 Å². The third-order valence-corrected chi connectivity index (χ3v) is 5.60. The number of aromatic nitrogens is 2. The molecule has 1 heterocycles. The second-order valence-electron chi connectivity index (χ2n) is 8.71. The quantitative estimate of drug-likeness (QED) is 0.211. The molecule has 0 radical (unpaired) electrons. The van der Waals surface area contributed by atoms with E-state index >= 15 is 0 Å². The van der Waals surface area contributed by atoms with E-state index in [4.69, 9.17) is 0 Å². The number of unbranched alkanes of at least 4 members (excludes halogenated alkanes) is 12. The number of imidazole rings is 1. The van der Waals surface area contributed by atoms with Crippen LogP contribution in [0.5, 0.6) is 0 Å². The Hall–Kier alpha value is -0.790. The fraction of sp³-hybridized carbons (Fsp3) is 0.875. The lowest BCUT2D eigenvalue weighted by Gasteiger charge is -2.10. The predicted octanol–water partition coefficient (Wildman–Crippen LogP) is 7.57. The van der Waals surface area contributed by atoms with E-state index in [0.717, 1.165) is 0 Å². The van der Waals surface area contributed by atoms with Crippen molar-refractivity contribution in [2.45, 2.75) is 137 Å². The van der Waals surface area contributed by atoms with Crippen molar-refractivity contribution in [1.82, 2.24) is 4.57 Å². The van der Waals surface area contributed by atoms with Gasteiger partial charge in [-0.15, -0.1) is 0 Å². The summed E-state index contributed by atoms with van der Waals surface area (Å²) in [5.74, 6) is 1.51. The monoisotopic (exact) mass is 363 g/mol. The van der Waals surface area contributed by atoms with Crippen LogP contribution in [-0.4, -0.2) is 4.57 Å². The van der Waals surface area contributed by atoms with Crippen LogP contribution >= 0.6 is 0 Å². The zero-order chi connectivity index (χ0) is 19.2. The molecule has 0 aliphatic carbocycles. The van der Waals surface area contributed by atoms with Gasteiger partial charge in [0.15, 0.2) is 0 Å². The Morgan fingerprint density at radius 3 is 1.62 bits per heavy atom. The molecule has 0 aliphatic rings. The molecule has 0 aromatic carbocycles. The first-order valence-electron chi connectivity index (χ1n) is 11.7. The highest BCUT2D eigenvalue weighted by molar-refractivity contribution is 4.87. The molecule has 152 valence electrons. The topological polar surface area (TPSA) is 8.81 Å². The molecule has 0 saturated carbocycles. The van der Waals surface area contributed by atoms with Crippen LogP contribution in [0.2, 0.25) is 0 Å². The minimum atomic E-state index is 0.562. The molecule has 2 nitrogen and oxygen atoms in total. The van der Waals surface area contributed by atoms with Gasteiger partial charge in [0.2, 0.25) is 0 Å². The van der Waals surface area contributed by atoms with Gasteiger partial charge in [-0.2, -0.15) is 0 Å². The first kappa shape index (κ1) is 23.2.